The van der Waals surface area contributed by atoms with E-state index >= 15 is 0 Å². The summed E-state index contributed by atoms with van der Waals surface area (Å²) >= 11 is 0. The van der Waals surface area contributed by atoms with Crippen LogP contribution in [0.5, 0.6) is 0 Å². The molecule has 0 aromatic rings. The Morgan fingerprint density at radius 2 is 1.64 bits per heavy atom. The smallest absolute Gasteiger partial charge is 0.759 e. The second-order valence-corrected chi connectivity index (χ2v) is 2.37. The zero-order chi connectivity index (χ0) is 8.62. The summed E-state index contributed by atoms with van der Waals surface area (Å²) in [7, 11) is -5.17. The predicted molar refractivity (Wildman–Crippen MR) is 34.4 cm³/mol. The molecule has 0 bridgehead atoms. The van der Waals surface area contributed by atoms with Crippen molar-refractivity contribution in [2.45, 2.75) is 19.8 Å². The van der Waals surface area contributed by atoms with E-state index in [9.17, 15) is 0 Å². The summed E-state index contributed by atoms with van der Waals surface area (Å²) in [6.07, 6.45) is 2.39. The average molecular weight is 364 g/mol. The van der Waals surface area contributed by atoms with Gasteiger partial charge in [0.25, 0.3) is 0 Å². The van der Waals surface area contributed by atoms with Crippen LogP contribution >= 0.6 is 0 Å². The van der Waals surface area contributed by atoms with E-state index in [4.69, 9.17) is 23.3 Å². The van der Waals surface area contributed by atoms with Crippen molar-refractivity contribution in [2.24, 2.45) is 5.73 Å². The topological polar surface area (TPSA) is 106 Å². The number of rotatable bonds is 2. The molecule has 0 aliphatic heterocycles. The molecular formula is C4H11NO4PtS. The van der Waals surface area contributed by atoms with Crippen LogP contribution in [0.1, 0.15) is 19.8 Å². The van der Waals surface area contributed by atoms with Crippen LogP contribution in [0, 0.1) is 0 Å². The molecule has 5 nitrogen and oxygen atoms in total. The quantitative estimate of drug-likeness (QED) is 0.521. The van der Waals surface area contributed by atoms with Crippen LogP contribution in [-0.2, 0) is 31.5 Å². The fourth-order valence-corrected chi connectivity index (χ4v) is 0.204. The first-order valence-corrected chi connectivity index (χ1v) is 4.12. The molecule has 0 aliphatic carbocycles. The third-order valence-electron chi connectivity index (χ3n) is 0.558. The fourth-order valence-electron chi connectivity index (χ4n) is 0.204. The summed E-state index contributed by atoms with van der Waals surface area (Å²) in [6, 6.07) is 0. The molecule has 0 unspecified atom stereocenters. The van der Waals surface area contributed by atoms with Crippen molar-refractivity contribution < 1.29 is 38.6 Å². The molecule has 0 spiro atoms. The molecule has 0 atom stereocenters. The van der Waals surface area contributed by atoms with Gasteiger partial charge in [0.15, 0.2) is 0 Å². The Labute approximate surface area is 81.2 Å². The maximum absolute atomic E-state index is 8.52. The second kappa shape index (κ2) is 10.5. The monoisotopic (exact) mass is 364 g/mol. The van der Waals surface area contributed by atoms with Crippen molar-refractivity contribution in [2.75, 3.05) is 6.54 Å². The van der Waals surface area contributed by atoms with Crippen molar-refractivity contribution >= 4 is 10.4 Å². The first-order valence-electron chi connectivity index (χ1n) is 2.78. The van der Waals surface area contributed by atoms with E-state index in [0.29, 0.717) is 0 Å². The van der Waals surface area contributed by atoms with E-state index in [2.05, 4.69) is 6.92 Å². The molecule has 11 heavy (non-hydrogen) atoms. The molecule has 0 radical (unpaired) electrons. The van der Waals surface area contributed by atoms with Crippen LogP contribution in [-0.4, -0.2) is 24.1 Å². The van der Waals surface area contributed by atoms with Crippen molar-refractivity contribution in [3.8, 4) is 0 Å². The van der Waals surface area contributed by atoms with Gasteiger partial charge >= 0.3 is 21.1 Å². The van der Waals surface area contributed by atoms with Crippen LogP contribution < -0.4 is 5.73 Å². The van der Waals surface area contributed by atoms with Crippen LogP contribution in [0.4, 0.5) is 0 Å². The Morgan fingerprint density at radius 3 is 1.64 bits per heavy atom. The molecule has 0 aromatic carbocycles. The van der Waals surface area contributed by atoms with Gasteiger partial charge in [-0.15, -0.1) is 0 Å². The first-order chi connectivity index (χ1) is 4.41. The average Bonchev–Trinajstić information content (AvgIpc) is 1.63. The molecule has 0 saturated heterocycles. The largest absolute Gasteiger partial charge is 2.00 e. The summed E-state index contributed by atoms with van der Waals surface area (Å²) in [5.74, 6) is 0. The summed E-state index contributed by atoms with van der Waals surface area (Å²) in [4.78, 5) is 0. The second-order valence-electron chi connectivity index (χ2n) is 1.55. The maximum atomic E-state index is 8.52. The van der Waals surface area contributed by atoms with Gasteiger partial charge in [0.2, 0.25) is 0 Å². The zero-order valence-electron chi connectivity index (χ0n) is 6.06. The summed E-state index contributed by atoms with van der Waals surface area (Å²) in [5.41, 5.74) is 5.14. The Bertz CT molecular complexity index is 136. The molecule has 0 aliphatic rings. The van der Waals surface area contributed by atoms with Gasteiger partial charge in [0.05, 0.1) is 0 Å². The van der Waals surface area contributed by atoms with Gasteiger partial charge in [-0.3, -0.25) is 8.42 Å². The zero-order valence-corrected chi connectivity index (χ0v) is 9.14. The van der Waals surface area contributed by atoms with Crippen molar-refractivity contribution in [3.63, 3.8) is 0 Å². The minimum atomic E-state index is -5.17. The number of hydrogen-bond acceptors (Lipinski definition) is 5. The van der Waals surface area contributed by atoms with Crippen molar-refractivity contribution in [1.29, 1.82) is 0 Å². The Morgan fingerprint density at radius 1 is 1.36 bits per heavy atom. The number of nitrogens with two attached hydrogens (primary N) is 1. The molecule has 0 saturated carbocycles. The van der Waals surface area contributed by atoms with E-state index < -0.39 is 10.4 Å². The summed E-state index contributed by atoms with van der Waals surface area (Å²) in [6.45, 7) is 2.98. The minimum absolute atomic E-state index is 0. The molecular weight excluding hydrogens is 353 g/mol. The predicted octanol–water partition coefficient (Wildman–Crippen LogP) is -0.595. The van der Waals surface area contributed by atoms with Crippen LogP contribution in [0.2, 0.25) is 0 Å². The van der Waals surface area contributed by atoms with Gasteiger partial charge in [-0.2, -0.15) is 0 Å². The normalized spacial score (nSPS) is 9.09. The first kappa shape index (κ1) is 17.6. The van der Waals surface area contributed by atoms with E-state index in [1.807, 2.05) is 0 Å². The summed E-state index contributed by atoms with van der Waals surface area (Å²) < 4.78 is 34.1. The Kier molecular flexibility index (Phi) is 16.8. The number of unbranched alkanes of at least 4 members (excludes halogenated alkanes) is 1. The molecule has 0 rings (SSSR count). The molecule has 0 amide bonds. The van der Waals surface area contributed by atoms with E-state index in [1.165, 1.54) is 12.8 Å². The van der Waals surface area contributed by atoms with Gasteiger partial charge in [-0.1, -0.05) is 13.3 Å². The van der Waals surface area contributed by atoms with Crippen molar-refractivity contribution in [3.05, 3.63) is 0 Å². The van der Waals surface area contributed by atoms with Gasteiger partial charge in [-0.25, -0.2) is 0 Å². The van der Waals surface area contributed by atoms with Crippen LogP contribution in [0.25, 0.3) is 0 Å². The maximum Gasteiger partial charge on any atom is 2.00 e. The van der Waals surface area contributed by atoms with E-state index in [0.717, 1.165) is 6.54 Å². The SMILES string of the molecule is CCCCN.O=S(=O)([O-])[O-].[Pt+2]. The molecule has 2 N–H and O–H groups in total. The number of hydrogen-bond donors (Lipinski definition) is 1. The Balaban J connectivity index is -0.000000107. The van der Waals surface area contributed by atoms with Gasteiger partial charge < -0.3 is 14.8 Å². The van der Waals surface area contributed by atoms with E-state index in [-0.39, 0.29) is 21.1 Å². The standard InChI is InChI=1S/C4H11N.H2O4S.Pt/c1-2-3-4-5;1-5(2,3)4;/h2-5H2,1H3;(H2,1,2,3,4);/q;;+2/p-2. The molecule has 0 fully saturated rings. The summed E-state index contributed by atoms with van der Waals surface area (Å²) in [5, 5.41) is 0. The molecule has 0 heterocycles. The van der Waals surface area contributed by atoms with Gasteiger partial charge in [-0.05, 0) is 13.0 Å². The van der Waals surface area contributed by atoms with Crippen LogP contribution in [0.3, 0.4) is 0 Å². The third-order valence-corrected chi connectivity index (χ3v) is 0.558. The van der Waals surface area contributed by atoms with Gasteiger partial charge in [0, 0.05) is 10.4 Å². The minimum Gasteiger partial charge on any atom is -0.759 e. The third kappa shape index (κ3) is 120. The molecule has 0 aromatic heterocycles. The van der Waals surface area contributed by atoms with Gasteiger partial charge in [0.1, 0.15) is 0 Å². The van der Waals surface area contributed by atoms with Crippen molar-refractivity contribution in [1.82, 2.24) is 0 Å². The molecule has 72 valence electrons. The Hall–Kier alpha value is 0.518. The molecule has 7 heteroatoms. The fraction of sp³-hybridized carbons (Fsp3) is 1.00. The van der Waals surface area contributed by atoms with E-state index in [1.54, 1.807) is 0 Å². The van der Waals surface area contributed by atoms with Crippen LogP contribution in [0.15, 0.2) is 0 Å².